The molecule has 0 radical (unpaired) electrons. The Kier molecular flexibility index (Phi) is 5.85. The van der Waals surface area contributed by atoms with Crippen LogP contribution >= 0.6 is 0 Å². The number of benzene rings is 1. The van der Waals surface area contributed by atoms with Gasteiger partial charge in [-0.1, -0.05) is 30.2 Å². The minimum absolute atomic E-state index is 0.284. The summed E-state index contributed by atoms with van der Waals surface area (Å²) in [6.07, 6.45) is 3.49. The van der Waals surface area contributed by atoms with Crippen LogP contribution < -0.4 is 10.6 Å². The highest BCUT2D eigenvalue weighted by Gasteiger charge is 2.35. The number of nitrogens with zero attached hydrogens (tertiary/aromatic N) is 1. The van der Waals surface area contributed by atoms with E-state index in [-0.39, 0.29) is 6.03 Å². The van der Waals surface area contributed by atoms with Gasteiger partial charge in [-0.05, 0) is 51.3 Å². The smallest absolute Gasteiger partial charge is 0.338 e. The first-order valence-corrected chi connectivity index (χ1v) is 9.60. The maximum atomic E-state index is 12.7. The van der Waals surface area contributed by atoms with E-state index in [4.69, 9.17) is 4.74 Å². The predicted octanol–water partition coefficient (Wildman–Crippen LogP) is 2.96. The van der Waals surface area contributed by atoms with E-state index in [1.165, 1.54) is 13.5 Å². The van der Waals surface area contributed by atoms with Crippen molar-refractivity contribution < 1.29 is 14.3 Å². The maximum Gasteiger partial charge on any atom is 0.338 e. The Morgan fingerprint density at radius 3 is 2.78 bits per heavy atom. The van der Waals surface area contributed by atoms with Crippen molar-refractivity contribution in [3.63, 3.8) is 0 Å². The lowest BCUT2D eigenvalue weighted by Gasteiger charge is -2.37. The number of amides is 2. The number of hydrogen-bond donors (Lipinski definition) is 2. The average Bonchev–Trinajstić information content (AvgIpc) is 2.64. The number of carbonyl (C=O) groups excluding carboxylic acids is 2. The molecule has 6 nitrogen and oxygen atoms in total. The van der Waals surface area contributed by atoms with E-state index in [1.54, 1.807) is 0 Å². The number of esters is 1. The van der Waals surface area contributed by atoms with Crippen LogP contribution in [0.4, 0.5) is 4.79 Å². The van der Waals surface area contributed by atoms with Gasteiger partial charge in [0.1, 0.15) is 0 Å². The van der Waals surface area contributed by atoms with Crippen LogP contribution in [0.25, 0.3) is 0 Å². The zero-order valence-corrected chi connectivity index (χ0v) is 16.6. The molecule has 2 aliphatic rings. The van der Waals surface area contributed by atoms with Gasteiger partial charge < -0.3 is 15.4 Å². The summed E-state index contributed by atoms with van der Waals surface area (Å²) in [6, 6.07) is 5.69. The first-order chi connectivity index (χ1) is 12.9. The highest BCUT2D eigenvalue weighted by Crippen LogP contribution is 2.31. The fraction of sp³-hybridized carbons (Fsp3) is 0.524. The summed E-state index contributed by atoms with van der Waals surface area (Å²) < 4.78 is 5.09. The molecule has 0 bridgehead atoms. The Morgan fingerprint density at radius 1 is 1.30 bits per heavy atom. The van der Waals surface area contributed by atoms with E-state index in [2.05, 4.69) is 22.5 Å². The van der Waals surface area contributed by atoms with Gasteiger partial charge in [-0.3, -0.25) is 4.90 Å². The van der Waals surface area contributed by atoms with Crippen LogP contribution in [0.1, 0.15) is 48.9 Å². The maximum absolute atomic E-state index is 12.7. The summed E-state index contributed by atoms with van der Waals surface area (Å²) in [5, 5.41) is 5.79. The van der Waals surface area contributed by atoms with E-state index in [9.17, 15) is 9.59 Å². The fourth-order valence-electron chi connectivity index (χ4n) is 3.99. The van der Waals surface area contributed by atoms with E-state index in [0.717, 1.165) is 36.1 Å². The van der Waals surface area contributed by atoms with Gasteiger partial charge in [-0.2, -0.15) is 0 Å². The second-order valence-electron chi connectivity index (χ2n) is 7.59. The summed E-state index contributed by atoms with van der Waals surface area (Å²) in [5.41, 5.74) is 4.17. The number of methoxy groups -OCH3 is 1. The SMILES string of the molecule is COC(=O)C1=C(CN2CCCC[C@H]2C)NC(=O)N[C@H]1c1cc(C)ccc1C. The number of aryl methyl sites for hydroxylation is 2. The molecule has 2 atom stereocenters. The van der Waals surface area contributed by atoms with E-state index in [1.807, 2.05) is 32.0 Å². The summed E-state index contributed by atoms with van der Waals surface area (Å²) in [6.45, 7) is 7.70. The lowest BCUT2D eigenvalue weighted by Crippen LogP contribution is -2.50. The molecule has 1 saturated heterocycles. The van der Waals surface area contributed by atoms with Crippen molar-refractivity contribution in [1.82, 2.24) is 15.5 Å². The monoisotopic (exact) mass is 371 g/mol. The molecular formula is C21H29N3O3. The number of rotatable bonds is 4. The largest absolute Gasteiger partial charge is 0.466 e. The molecule has 2 heterocycles. The number of piperidine rings is 1. The molecule has 0 aromatic heterocycles. The number of nitrogens with one attached hydrogen (secondary N) is 2. The summed E-state index contributed by atoms with van der Waals surface area (Å²) >= 11 is 0. The summed E-state index contributed by atoms with van der Waals surface area (Å²) in [7, 11) is 1.38. The van der Waals surface area contributed by atoms with E-state index >= 15 is 0 Å². The molecule has 3 rings (SSSR count). The van der Waals surface area contributed by atoms with Gasteiger partial charge in [0, 0.05) is 18.3 Å². The van der Waals surface area contributed by atoms with Crippen LogP contribution in [0.5, 0.6) is 0 Å². The third-order valence-corrected chi connectivity index (χ3v) is 5.61. The third-order valence-electron chi connectivity index (χ3n) is 5.61. The first kappa shape index (κ1) is 19.4. The number of carbonyl (C=O) groups is 2. The van der Waals surface area contributed by atoms with Crippen molar-refractivity contribution in [1.29, 1.82) is 0 Å². The van der Waals surface area contributed by atoms with Crippen molar-refractivity contribution in [2.75, 3.05) is 20.2 Å². The molecular weight excluding hydrogens is 342 g/mol. The zero-order chi connectivity index (χ0) is 19.6. The van der Waals surface area contributed by atoms with Crippen molar-refractivity contribution in [2.45, 2.75) is 52.1 Å². The number of ether oxygens (including phenoxy) is 1. The standard InChI is InChI=1S/C21H29N3O3/c1-13-8-9-14(2)16(11-13)19-18(20(25)27-4)17(22-21(26)23-19)12-24-10-6-5-7-15(24)3/h8-9,11,15,19H,5-7,10,12H2,1-4H3,(H2,22,23,26)/t15-,19+/m1/s1. The minimum Gasteiger partial charge on any atom is -0.466 e. The van der Waals surface area contributed by atoms with Gasteiger partial charge in [0.15, 0.2) is 0 Å². The second-order valence-corrected chi connectivity index (χ2v) is 7.59. The molecule has 1 aromatic rings. The Balaban J connectivity index is 2.04. The molecule has 2 N–H and O–H groups in total. The molecule has 146 valence electrons. The topological polar surface area (TPSA) is 70.7 Å². The average molecular weight is 371 g/mol. The molecule has 0 spiro atoms. The van der Waals surface area contributed by atoms with Gasteiger partial charge in [0.05, 0.1) is 18.7 Å². The number of hydrogen-bond acceptors (Lipinski definition) is 4. The van der Waals surface area contributed by atoms with E-state index in [0.29, 0.717) is 23.9 Å². The first-order valence-electron chi connectivity index (χ1n) is 9.60. The van der Waals surface area contributed by atoms with Gasteiger partial charge in [-0.15, -0.1) is 0 Å². The van der Waals surface area contributed by atoms with Gasteiger partial charge >= 0.3 is 12.0 Å². The highest BCUT2D eigenvalue weighted by atomic mass is 16.5. The molecule has 2 amide bonds. The van der Waals surface area contributed by atoms with E-state index < -0.39 is 12.0 Å². The lowest BCUT2D eigenvalue weighted by molar-refractivity contribution is -0.136. The van der Waals surface area contributed by atoms with Gasteiger partial charge in [0.2, 0.25) is 0 Å². The molecule has 6 heteroatoms. The molecule has 0 saturated carbocycles. The Labute approximate surface area is 161 Å². The zero-order valence-electron chi connectivity index (χ0n) is 16.6. The van der Waals surface area contributed by atoms with Crippen LogP contribution in [0, 0.1) is 13.8 Å². The Hall–Kier alpha value is -2.34. The van der Waals surface area contributed by atoms with Crippen molar-refractivity contribution in [3.8, 4) is 0 Å². The van der Waals surface area contributed by atoms with Crippen molar-refractivity contribution in [2.24, 2.45) is 0 Å². The van der Waals surface area contributed by atoms with Crippen molar-refractivity contribution in [3.05, 3.63) is 46.2 Å². The molecule has 27 heavy (non-hydrogen) atoms. The van der Waals surface area contributed by atoms with Crippen LogP contribution in [-0.4, -0.2) is 43.1 Å². The Morgan fingerprint density at radius 2 is 2.07 bits per heavy atom. The highest BCUT2D eigenvalue weighted by molar-refractivity contribution is 5.95. The molecule has 0 aliphatic carbocycles. The Bertz CT molecular complexity index is 772. The van der Waals surface area contributed by atoms with Crippen molar-refractivity contribution >= 4 is 12.0 Å². The molecule has 0 unspecified atom stereocenters. The molecule has 2 aliphatic heterocycles. The third kappa shape index (κ3) is 4.16. The van der Waals surface area contributed by atoms with Crippen LogP contribution in [-0.2, 0) is 9.53 Å². The number of urea groups is 1. The minimum atomic E-state index is -0.513. The van der Waals surface area contributed by atoms with Crippen LogP contribution in [0.3, 0.4) is 0 Å². The molecule has 1 fully saturated rings. The lowest BCUT2D eigenvalue weighted by atomic mass is 9.90. The summed E-state index contributed by atoms with van der Waals surface area (Å²) in [5.74, 6) is -0.409. The summed E-state index contributed by atoms with van der Waals surface area (Å²) in [4.78, 5) is 27.4. The van der Waals surface area contributed by atoms with Gasteiger partial charge in [-0.25, -0.2) is 9.59 Å². The fourth-order valence-corrected chi connectivity index (χ4v) is 3.99. The van der Waals surface area contributed by atoms with Gasteiger partial charge in [0.25, 0.3) is 0 Å². The normalized spacial score (nSPS) is 23.6. The number of likely N-dealkylation sites (tertiary alicyclic amines) is 1. The molecule has 1 aromatic carbocycles. The predicted molar refractivity (Wildman–Crippen MR) is 104 cm³/mol. The van der Waals surface area contributed by atoms with Crippen LogP contribution in [0.15, 0.2) is 29.5 Å². The quantitative estimate of drug-likeness (QED) is 0.799. The van der Waals surface area contributed by atoms with Crippen LogP contribution in [0.2, 0.25) is 0 Å². The second kappa shape index (κ2) is 8.13.